The molecule has 0 radical (unpaired) electrons. The molecule has 1 aromatic carbocycles. The number of aromatic nitrogens is 3. The summed E-state index contributed by atoms with van der Waals surface area (Å²) >= 11 is 0. The molecule has 6 nitrogen and oxygen atoms in total. The topological polar surface area (TPSA) is 50.3 Å². The number of hydrogen-bond acceptors (Lipinski definition) is 5. The van der Waals surface area contributed by atoms with E-state index in [0.717, 1.165) is 56.6 Å². The van der Waals surface area contributed by atoms with Crippen LogP contribution in [-0.2, 0) is 20.1 Å². The van der Waals surface area contributed by atoms with Crippen LogP contribution in [-0.4, -0.2) is 50.7 Å². The minimum Gasteiger partial charge on any atom is -0.465 e. The zero-order chi connectivity index (χ0) is 20.6. The number of hydrogen-bond donors (Lipinski definition) is 0. The standard InChI is InChI=1S/C24H31N5O/c1-19-8-9-21(30-19)15-28-12-10-24(11-13-28)17-29(14-20-6-4-3-5-7-20)16-22(24)23-26-25-18-27(23)2/h3-9,18,22H,10-17H2,1-2H3. The molecule has 1 unspecified atom stereocenters. The van der Waals surface area contributed by atoms with Crippen LogP contribution in [0, 0.1) is 12.3 Å². The molecule has 30 heavy (non-hydrogen) atoms. The Morgan fingerprint density at radius 2 is 1.83 bits per heavy atom. The predicted octanol–water partition coefficient (Wildman–Crippen LogP) is 3.60. The highest BCUT2D eigenvalue weighted by Gasteiger charge is 2.50. The van der Waals surface area contributed by atoms with E-state index in [-0.39, 0.29) is 5.41 Å². The highest BCUT2D eigenvalue weighted by Crippen LogP contribution is 2.49. The van der Waals surface area contributed by atoms with Crippen molar-refractivity contribution in [2.24, 2.45) is 12.5 Å². The van der Waals surface area contributed by atoms with E-state index >= 15 is 0 Å². The zero-order valence-corrected chi connectivity index (χ0v) is 18.0. The number of aryl methyl sites for hydroxylation is 2. The first-order valence-corrected chi connectivity index (χ1v) is 11.0. The third-order valence-electron chi connectivity index (χ3n) is 7.05. The van der Waals surface area contributed by atoms with Crippen LogP contribution >= 0.6 is 0 Å². The van der Waals surface area contributed by atoms with E-state index in [9.17, 15) is 0 Å². The zero-order valence-electron chi connectivity index (χ0n) is 18.0. The van der Waals surface area contributed by atoms with Crippen molar-refractivity contribution in [1.29, 1.82) is 0 Å². The van der Waals surface area contributed by atoms with Crippen LogP contribution < -0.4 is 0 Å². The summed E-state index contributed by atoms with van der Waals surface area (Å²) in [6, 6.07) is 15.0. The molecule has 4 heterocycles. The Bertz CT molecular complexity index is 970. The van der Waals surface area contributed by atoms with Gasteiger partial charge >= 0.3 is 0 Å². The van der Waals surface area contributed by atoms with Gasteiger partial charge in [-0.05, 0) is 56.0 Å². The van der Waals surface area contributed by atoms with Crippen molar-refractivity contribution in [3.63, 3.8) is 0 Å². The third kappa shape index (κ3) is 3.82. The molecule has 2 aromatic heterocycles. The lowest BCUT2D eigenvalue weighted by Crippen LogP contribution is -2.43. The molecule has 0 amide bonds. The summed E-state index contributed by atoms with van der Waals surface area (Å²) in [5.41, 5.74) is 1.66. The Balaban J connectivity index is 1.32. The lowest BCUT2D eigenvalue weighted by molar-refractivity contribution is 0.0843. The molecular formula is C24H31N5O. The average molecular weight is 406 g/mol. The number of benzene rings is 1. The highest BCUT2D eigenvalue weighted by atomic mass is 16.3. The van der Waals surface area contributed by atoms with Gasteiger partial charge < -0.3 is 8.98 Å². The molecule has 0 bridgehead atoms. The van der Waals surface area contributed by atoms with E-state index in [1.165, 1.54) is 18.4 Å². The minimum atomic E-state index is 0.269. The number of piperidine rings is 1. The number of likely N-dealkylation sites (tertiary alicyclic amines) is 2. The predicted molar refractivity (Wildman–Crippen MR) is 116 cm³/mol. The molecule has 5 rings (SSSR count). The highest BCUT2D eigenvalue weighted by molar-refractivity contribution is 5.18. The summed E-state index contributed by atoms with van der Waals surface area (Å²) < 4.78 is 7.93. The van der Waals surface area contributed by atoms with Crippen molar-refractivity contribution >= 4 is 0 Å². The van der Waals surface area contributed by atoms with Gasteiger partial charge in [-0.1, -0.05) is 30.3 Å². The van der Waals surface area contributed by atoms with Gasteiger partial charge in [0.25, 0.3) is 0 Å². The summed E-state index contributed by atoms with van der Waals surface area (Å²) in [4.78, 5) is 5.16. The number of rotatable bonds is 5. The molecule has 2 aliphatic heterocycles. The SMILES string of the molecule is Cc1ccc(CN2CCC3(CC2)CN(Cc2ccccc2)CC3c2nncn2C)o1. The van der Waals surface area contributed by atoms with Crippen LogP contribution in [0.1, 0.15) is 41.7 Å². The van der Waals surface area contributed by atoms with Gasteiger partial charge in [0.1, 0.15) is 23.7 Å². The molecule has 2 saturated heterocycles. The summed E-state index contributed by atoms with van der Waals surface area (Å²) in [7, 11) is 2.08. The molecule has 2 aliphatic rings. The van der Waals surface area contributed by atoms with Crippen molar-refractivity contribution in [1.82, 2.24) is 24.6 Å². The Hall–Kier alpha value is -2.44. The molecule has 0 N–H and O–H groups in total. The normalized spacial score (nSPS) is 22.1. The number of furan rings is 1. The van der Waals surface area contributed by atoms with E-state index in [0.29, 0.717) is 5.92 Å². The van der Waals surface area contributed by atoms with Gasteiger partial charge in [0.05, 0.1) is 6.54 Å². The largest absolute Gasteiger partial charge is 0.465 e. The van der Waals surface area contributed by atoms with Crippen molar-refractivity contribution in [3.8, 4) is 0 Å². The van der Waals surface area contributed by atoms with Crippen LogP contribution in [0.15, 0.2) is 53.2 Å². The van der Waals surface area contributed by atoms with Gasteiger partial charge in [0, 0.05) is 32.6 Å². The second kappa shape index (κ2) is 8.00. The van der Waals surface area contributed by atoms with E-state index in [1.807, 2.05) is 13.3 Å². The van der Waals surface area contributed by atoms with Gasteiger partial charge in [0.2, 0.25) is 0 Å². The monoisotopic (exact) mass is 405 g/mol. The Kier molecular flexibility index (Phi) is 5.21. The molecule has 3 aromatic rings. The van der Waals surface area contributed by atoms with Crippen LogP contribution in [0.4, 0.5) is 0 Å². The van der Waals surface area contributed by atoms with Crippen molar-refractivity contribution in [2.75, 3.05) is 26.2 Å². The van der Waals surface area contributed by atoms with Gasteiger partial charge in [-0.25, -0.2) is 0 Å². The van der Waals surface area contributed by atoms with Crippen molar-refractivity contribution in [3.05, 3.63) is 71.7 Å². The minimum absolute atomic E-state index is 0.269. The Morgan fingerprint density at radius 3 is 2.50 bits per heavy atom. The maximum absolute atomic E-state index is 5.81. The van der Waals surface area contributed by atoms with Crippen LogP contribution in [0.5, 0.6) is 0 Å². The molecular weight excluding hydrogens is 374 g/mol. The fraction of sp³-hybridized carbons (Fsp3) is 0.500. The molecule has 1 spiro atoms. The van der Waals surface area contributed by atoms with E-state index in [4.69, 9.17) is 4.42 Å². The molecule has 158 valence electrons. The second-order valence-electron chi connectivity index (χ2n) is 9.16. The van der Waals surface area contributed by atoms with Gasteiger partial charge in [-0.3, -0.25) is 9.80 Å². The second-order valence-corrected chi connectivity index (χ2v) is 9.16. The Morgan fingerprint density at radius 1 is 1.03 bits per heavy atom. The molecule has 0 aliphatic carbocycles. The quantitative estimate of drug-likeness (QED) is 0.649. The lowest BCUT2D eigenvalue weighted by atomic mass is 9.70. The van der Waals surface area contributed by atoms with Gasteiger partial charge in [-0.15, -0.1) is 10.2 Å². The summed E-state index contributed by atoms with van der Waals surface area (Å²) in [5, 5.41) is 8.73. The average Bonchev–Trinajstić information content (AvgIpc) is 3.44. The van der Waals surface area contributed by atoms with E-state index < -0.39 is 0 Å². The van der Waals surface area contributed by atoms with Gasteiger partial charge in [0.15, 0.2) is 0 Å². The fourth-order valence-corrected chi connectivity index (χ4v) is 5.45. The summed E-state index contributed by atoms with van der Waals surface area (Å²) in [6.45, 7) is 8.32. The van der Waals surface area contributed by atoms with Crippen molar-refractivity contribution in [2.45, 2.75) is 38.8 Å². The third-order valence-corrected chi connectivity index (χ3v) is 7.05. The van der Waals surface area contributed by atoms with Crippen LogP contribution in [0.2, 0.25) is 0 Å². The van der Waals surface area contributed by atoms with Crippen molar-refractivity contribution < 1.29 is 4.42 Å². The maximum Gasteiger partial charge on any atom is 0.137 e. The summed E-state index contributed by atoms with van der Waals surface area (Å²) in [6.07, 6.45) is 4.22. The van der Waals surface area contributed by atoms with Crippen LogP contribution in [0.3, 0.4) is 0 Å². The molecule has 2 fully saturated rings. The fourth-order valence-electron chi connectivity index (χ4n) is 5.45. The molecule has 0 saturated carbocycles. The van der Waals surface area contributed by atoms with Gasteiger partial charge in [-0.2, -0.15) is 0 Å². The van der Waals surface area contributed by atoms with E-state index in [2.05, 4.69) is 74.1 Å². The van der Waals surface area contributed by atoms with E-state index in [1.54, 1.807) is 0 Å². The first kappa shape index (κ1) is 19.5. The molecule has 6 heteroatoms. The molecule has 1 atom stereocenters. The maximum atomic E-state index is 5.81. The Labute approximate surface area is 178 Å². The first-order valence-electron chi connectivity index (χ1n) is 11.0. The summed E-state index contributed by atoms with van der Waals surface area (Å²) in [5.74, 6) is 3.64. The number of nitrogens with zero attached hydrogens (tertiary/aromatic N) is 5. The smallest absolute Gasteiger partial charge is 0.137 e. The van der Waals surface area contributed by atoms with Crippen LogP contribution in [0.25, 0.3) is 0 Å². The lowest BCUT2D eigenvalue weighted by Gasteiger charge is -2.42. The first-order chi connectivity index (χ1) is 14.6.